The third-order valence-corrected chi connectivity index (χ3v) is 6.65. The van der Waals surface area contributed by atoms with Crippen molar-refractivity contribution < 1.29 is 44.1 Å². The average molecular weight is 560 g/mol. The van der Waals surface area contributed by atoms with Gasteiger partial charge in [-0.2, -0.15) is 0 Å². The molecule has 1 aromatic carbocycles. The molecule has 4 atom stereocenters. The Kier molecular flexibility index (Phi) is 10.6. The van der Waals surface area contributed by atoms with E-state index in [2.05, 4.69) is 26.3 Å². The van der Waals surface area contributed by atoms with Crippen molar-refractivity contribution in [3.63, 3.8) is 0 Å². The monoisotopic (exact) mass is 559 g/mol. The highest BCUT2D eigenvalue weighted by atomic mass is 16.4. The Hall–Kier alpha value is -4.46. The van der Waals surface area contributed by atoms with Crippen LogP contribution in [0.5, 0.6) is 0 Å². The summed E-state index contributed by atoms with van der Waals surface area (Å²) in [6.07, 6.45) is 1.35. The van der Waals surface area contributed by atoms with E-state index in [1.807, 2.05) is 12.1 Å². The van der Waals surface area contributed by atoms with Gasteiger partial charge in [-0.25, -0.2) is 4.79 Å². The van der Waals surface area contributed by atoms with Gasteiger partial charge in [-0.1, -0.05) is 18.2 Å². The number of carbonyl (C=O) groups is 6. The molecule has 1 saturated heterocycles. The molecule has 1 aliphatic heterocycles. The number of amides is 3. The number of carboxylic acid groups (broad SMARTS) is 3. The zero-order valence-electron chi connectivity index (χ0n) is 21.6. The summed E-state index contributed by atoms with van der Waals surface area (Å²) in [5, 5.41) is 38.7. The summed E-state index contributed by atoms with van der Waals surface area (Å²) < 4.78 is 0. The third kappa shape index (κ3) is 8.53. The second kappa shape index (κ2) is 14.1. The molecular formula is C26H33N5O9. The molecular weight excluding hydrogens is 526 g/mol. The number of nitrogens with one attached hydrogen (secondary N) is 5. The van der Waals surface area contributed by atoms with Gasteiger partial charge < -0.3 is 41.6 Å². The number of benzene rings is 1. The molecule has 3 rings (SSSR count). The van der Waals surface area contributed by atoms with Crippen LogP contribution in [-0.2, 0) is 35.2 Å². The summed E-state index contributed by atoms with van der Waals surface area (Å²) in [6, 6.07) is 2.55. The summed E-state index contributed by atoms with van der Waals surface area (Å²) in [4.78, 5) is 76.2. The third-order valence-electron chi connectivity index (χ3n) is 6.65. The lowest BCUT2D eigenvalue weighted by molar-refractivity contribution is -0.143. The van der Waals surface area contributed by atoms with E-state index < -0.39 is 72.6 Å². The van der Waals surface area contributed by atoms with Gasteiger partial charge in [0.1, 0.15) is 18.1 Å². The number of aliphatic carboxylic acids is 3. The Morgan fingerprint density at radius 2 is 1.48 bits per heavy atom. The fourth-order valence-electron chi connectivity index (χ4n) is 4.52. The molecule has 0 spiro atoms. The summed E-state index contributed by atoms with van der Waals surface area (Å²) >= 11 is 0. The lowest BCUT2D eigenvalue weighted by Gasteiger charge is -2.25. The van der Waals surface area contributed by atoms with E-state index >= 15 is 0 Å². The van der Waals surface area contributed by atoms with Gasteiger partial charge in [0.05, 0.1) is 6.04 Å². The van der Waals surface area contributed by atoms with Crippen LogP contribution in [0.15, 0.2) is 30.5 Å². The van der Waals surface area contributed by atoms with Crippen LogP contribution in [-0.4, -0.2) is 86.6 Å². The molecule has 0 radical (unpaired) electrons. The molecule has 1 aromatic heterocycles. The minimum atomic E-state index is -1.53. The molecule has 14 heteroatoms. The Morgan fingerprint density at radius 3 is 2.10 bits per heavy atom. The minimum absolute atomic E-state index is 0.0728. The molecule has 0 aliphatic carbocycles. The van der Waals surface area contributed by atoms with Gasteiger partial charge >= 0.3 is 17.9 Å². The van der Waals surface area contributed by atoms with Gasteiger partial charge in [-0.3, -0.25) is 24.0 Å². The molecule has 216 valence electrons. The van der Waals surface area contributed by atoms with Crippen molar-refractivity contribution in [1.82, 2.24) is 26.3 Å². The van der Waals surface area contributed by atoms with E-state index in [9.17, 15) is 33.9 Å². The number of hydrogen-bond donors (Lipinski definition) is 8. The van der Waals surface area contributed by atoms with Gasteiger partial charge in [0.15, 0.2) is 0 Å². The Labute approximate surface area is 228 Å². The number of carboxylic acids is 3. The summed E-state index contributed by atoms with van der Waals surface area (Å²) in [6.45, 7) is 0.629. The molecule has 1 aliphatic rings. The maximum atomic E-state index is 13.3. The van der Waals surface area contributed by atoms with Crippen molar-refractivity contribution in [3.8, 4) is 0 Å². The summed E-state index contributed by atoms with van der Waals surface area (Å²) in [7, 11) is 0. The zero-order valence-corrected chi connectivity index (χ0v) is 21.6. The number of aromatic amines is 1. The minimum Gasteiger partial charge on any atom is -0.481 e. The number of fused-ring (bicyclic) bond motifs is 1. The van der Waals surface area contributed by atoms with Crippen LogP contribution in [0.25, 0.3) is 10.9 Å². The smallest absolute Gasteiger partial charge is 0.326 e. The van der Waals surface area contributed by atoms with Gasteiger partial charge in [0, 0.05) is 36.4 Å². The molecule has 3 amide bonds. The molecule has 0 bridgehead atoms. The van der Waals surface area contributed by atoms with E-state index in [4.69, 9.17) is 10.2 Å². The Balaban J connectivity index is 1.83. The molecule has 0 saturated carbocycles. The zero-order chi connectivity index (χ0) is 29.2. The quantitative estimate of drug-likeness (QED) is 0.142. The Bertz CT molecular complexity index is 1250. The Morgan fingerprint density at radius 1 is 0.850 bits per heavy atom. The van der Waals surface area contributed by atoms with Crippen LogP contribution in [0, 0.1) is 0 Å². The lowest BCUT2D eigenvalue weighted by Crippen LogP contribution is -2.57. The number of carbonyl (C=O) groups excluding carboxylic acids is 3. The number of para-hydroxylation sites is 1. The first-order valence-electron chi connectivity index (χ1n) is 12.9. The topological polar surface area (TPSA) is 227 Å². The number of rotatable bonds is 15. The lowest BCUT2D eigenvalue weighted by atomic mass is 10.0. The van der Waals surface area contributed by atoms with Crippen molar-refractivity contribution >= 4 is 46.5 Å². The van der Waals surface area contributed by atoms with Crippen molar-refractivity contribution in [1.29, 1.82) is 0 Å². The SMILES string of the molecule is O=C(O)CCC(NC(=O)C(Cc1c[nH]c2ccccc12)NC(=O)C(CCC(=O)O)NC(=O)C1CCCN1)C(=O)O. The van der Waals surface area contributed by atoms with Crippen LogP contribution in [0.3, 0.4) is 0 Å². The molecule has 2 aromatic rings. The summed E-state index contributed by atoms with van der Waals surface area (Å²) in [5.41, 5.74) is 1.40. The van der Waals surface area contributed by atoms with Crippen molar-refractivity contribution in [3.05, 3.63) is 36.0 Å². The predicted octanol–water partition coefficient (Wildman–Crippen LogP) is -0.269. The number of H-pyrrole nitrogens is 1. The molecule has 2 heterocycles. The molecule has 4 unspecified atom stereocenters. The van der Waals surface area contributed by atoms with Crippen LogP contribution in [0.2, 0.25) is 0 Å². The van der Waals surface area contributed by atoms with E-state index in [0.717, 1.165) is 17.3 Å². The fourth-order valence-corrected chi connectivity index (χ4v) is 4.52. The van der Waals surface area contributed by atoms with E-state index in [1.165, 1.54) is 0 Å². The first kappa shape index (κ1) is 30.1. The number of hydrogen-bond acceptors (Lipinski definition) is 7. The highest BCUT2D eigenvalue weighted by Gasteiger charge is 2.32. The second-order valence-corrected chi connectivity index (χ2v) is 9.60. The normalized spacial score (nSPS) is 16.9. The van der Waals surface area contributed by atoms with Crippen LogP contribution in [0.1, 0.15) is 44.1 Å². The molecule has 14 nitrogen and oxygen atoms in total. The van der Waals surface area contributed by atoms with Crippen LogP contribution < -0.4 is 21.3 Å². The first-order chi connectivity index (χ1) is 19.0. The van der Waals surface area contributed by atoms with Crippen molar-refractivity contribution in [2.45, 2.75) is 69.1 Å². The highest BCUT2D eigenvalue weighted by molar-refractivity contribution is 5.95. The first-order valence-corrected chi connectivity index (χ1v) is 12.9. The fraction of sp³-hybridized carbons (Fsp3) is 0.462. The standard InChI is InChI=1S/C26H33N5O9/c32-21(33)9-7-18(29-23(36)17-6-3-11-27-17)24(37)31-20(12-14-13-28-16-5-2-1-4-15(14)16)25(38)30-19(26(39)40)8-10-22(34)35/h1-2,4-5,13,17-20,27-28H,3,6-12H2,(H,29,36)(H,30,38)(H,31,37)(H,32,33)(H,34,35)(H,39,40). The molecule has 8 N–H and O–H groups in total. The predicted molar refractivity (Wildman–Crippen MR) is 140 cm³/mol. The van der Waals surface area contributed by atoms with E-state index in [1.54, 1.807) is 18.3 Å². The highest BCUT2D eigenvalue weighted by Crippen LogP contribution is 2.19. The summed E-state index contributed by atoms with van der Waals surface area (Å²) in [5.74, 6) is -6.02. The maximum absolute atomic E-state index is 13.3. The average Bonchev–Trinajstić information content (AvgIpc) is 3.58. The largest absolute Gasteiger partial charge is 0.481 e. The van der Waals surface area contributed by atoms with Crippen LogP contribution >= 0.6 is 0 Å². The van der Waals surface area contributed by atoms with E-state index in [0.29, 0.717) is 18.5 Å². The molecule has 1 fully saturated rings. The van der Waals surface area contributed by atoms with Crippen molar-refractivity contribution in [2.75, 3.05) is 6.54 Å². The van der Waals surface area contributed by atoms with E-state index in [-0.39, 0.29) is 19.3 Å². The van der Waals surface area contributed by atoms with Gasteiger partial charge in [-0.15, -0.1) is 0 Å². The van der Waals surface area contributed by atoms with Crippen molar-refractivity contribution in [2.24, 2.45) is 0 Å². The molecule has 40 heavy (non-hydrogen) atoms. The van der Waals surface area contributed by atoms with Gasteiger partial charge in [-0.05, 0) is 43.9 Å². The maximum Gasteiger partial charge on any atom is 0.326 e. The van der Waals surface area contributed by atoms with Gasteiger partial charge in [0.2, 0.25) is 17.7 Å². The second-order valence-electron chi connectivity index (χ2n) is 9.60. The van der Waals surface area contributed by atoms with Crippen LogP contribution in [0.4, 0.5) is 0 Å². The van der Waals surface area contributed by atoms with Gasteiger partial charge in [0.25, 0.3) is 0 Å². The number of aromatic nitrogens is 1.